The number of carbonyl (C=O) groups excluding carboxylic acids is 1. The molecule has 226 valence electrons. The lowest BCUT2D eigenvalue weighted by Crippen LogP contribution is -2.37. The molecule has 1 aliphatic rings. The smallest absolute Gasteiger partial charge is 0.220 e. The molecule has 3 heterocycles. The van der Waals surface area contributed by atoms with E-state index >= 15 is 0 Å². The summed E-state index contributed by atoms with van der Waals surface area (Å²) in [5, 5.41) is 0. The van der Waals surface area contributed by atoms with Crippen molar-refractivity contribution in [1.82, 2.24) is 19.9 Å². The topological polar surface area (TPSA) is 107 Å². The van der Waals surface area contributed by atoms with Crippen LogP contribution in [0.1, 0.15) is 101 Å². The van der Waals surface area contributed by atoms with Crippen molar-refractivity contribution in [3.63, 3.8) is 0 Å². The molecule has 1 aliphatic carbocycles. The number of nitrogens with zero attached hydrogens (tertiary/aromatic N) is 5. The van der Waals surface area contributed by atoms with E-state index in [4.69, 9.17) is 20.4 Å². The quantitative estimate of drug-likeness (QED) is 0.207. The second-order valence-electron chi connectivity index (χ2n) is 11.3. The van der Waals surface area contributed by atoms with Crippen LogP contribution in [0, 0.1) is 11.8 Å². The van der Waals surface area contributed by atoms with Crippen molar-refractivity contribution in [2.75, 3.05) is 23.7 Å². The van der Waals surface area contributed by atoms with Gasteiger partial charge in [-0.1, -0.05) is 34.6 Å². The number of ketones is 1. The average molecular weight is 573 g/mol. The fraction of sp³-hybridized carbons (Fsp3) is 0.559. The predicted molar refractivity (Wildman–Crippen MR) is 169 cm³/mol. The van der Waals surface area contributed by atoms with Crippen LogP contribution in [0.5, 0.6) is 5.75 Å². The molecule has 0 aliphatic heterocycles. The van der Waals surface area contributed by atoms with Crippen LogP contribution in [0.15, 0.2) is 36.7 Å². The van der Waals surface area contributed by atoms with Crippen molar-refractivity contribution in [3.05, 3.63) is 64.9 Å². The highest BCUT2D eigenvalue weighted by Gasteiger charge is 2.41. The largest absolute Gasteiger partial charge is 0.483 e. The molecule has 0 saturated heterocycles. The van der Waals surface area contributed by atoms with Crippen molar-refractivity contribution in [2.24, 2.45) is 11.8 Å². The van der Waals surface area contributed by atoms with Crippen LogP contribution in [0.25, 0.3) is 0 Å². The number of rotatable bonds is 16. The van der Waals surface area contributed by atoms with E-state index in [0.717, 1.165) is 76.0 Å². The zero-order chi connectivity index (χ0) is 30.1. The van der Waals surface area contributed by atoms with E-state index in [9.17, 15) is 4.79 Å². The minimum atomic E-state index is 0.0254. The molecule has 0 bridgehead atoms. The number of pyridine rings is 2. The molecule has 3 atom stereocenters. The number of hydrogen-bond acceptors (Lipinski definition) is 8. The number of anilines is 2. The van der Waals surface area contributed by atoms with E-state index in [1.165, 1.54) is 16.8 Å². The van der Waals surface area contributed by atoms with Crippen molar-refractivity contribution >= 4 is 17.5 Å². The molecule has 1 fully saturated rings. The number of aromatic nitrogens is 4. The monoisotopic (exact) mass is 572 g/mol. The third-order valence-corrected chi connectivity index (χ3v) is 8.68. The lowest BCUT2D eigenvalue weighted by atomic mass is 9.64. The molecule has 3 unspecified atom stereocenters. The van der Waals surface area contributed by atoms with Crippen LogP contribution < -0.4 is 15.4 Å². The standard InChI is InChI=1S/C34H48N6O2/c1-6-19-40(33-31(12-11-17-36-33)42-22-25-15-18-37-34(35)39-25)20-16-23(7-2)32(41)28-14-13-27(28)29-21-24(8-3)38-30(10-5)26(29)9-4/h11-12,15,17-18,21,23,27-28H,6-10,13-14,16,19-20,22H2,1-5H3,(H2,35,37,39). The summed E-state index contributed by atoms with van der Waals surface area (Å²) in [5.74, 6) is 2.60. The normalized spacial score (nSPS) is 17.0. The van der Waals surface area contributed by atoms with E-state index in [2.05, 4.69) is 55.6 Å². The molecular formula is C34H48N6O2. The van der Waals surface area contributed by atoms with Gasteiger partial charge in [-0.15, -0.1) is 0 Å². The van der Waals surface area contributed by atoms with Gasteiger partial charge in [-0.05, 0) is 92.7 Å². The Hall–Kier alpha value is -3.55. The lowest BCUT2D eigenvalue weighted by molar-refractivity contribution is -0.130. The van der Waals surface area contributed by atoms with Gasteiger partial charge in [0.2, 0.25) is 5.95 Å². The number of carbonyl (C=O) groups is 1. The number of ether oxygens (including phenoxy) is 1. The van der Waals surface area contributed by atoms with Crippen LogP contribution in [-0.4, -0.2) is 38.8 Å². The number of hydrogen-bond donors (Lipinski definition) is 1. The van der Waals surface area contributed by atoms with Gasteiger partial charge in [-0.25, -0.2) is 15.0 Å². The summed E-state index contributed by atoms with van der Waals surface area (Å²) in [6.07, 6.45) is 10.9. The Morgan fingerprint density at radius 2 is 1.83 bits per heavy atom. The van der Waals surface area contributed by atoms with E-state index in [1.54, 1.807) is 18.5 Å². The second-order valence-corrected chi connectivity index (χ2v) is 11.3. The van der Waals surface area contributed by atoms with Crippen LogP contribution in [0.3, 0.4) is 0 Å². The molecule has 0 aromatic carbocycles. The molecule has 3 aromatic heterocycles. The minimum Gasteiger partial charge on any atom is -0.483 e. The molecule has 0 radical (unpaired) electrons. The average Bonchev–Trinajstić information content (AvgIpc) is 2.99. The van der Waals surface area contributed by atoms with Gasteiger partial charge in [0, 0.05) is 48.7 Å². The molecular weight excluding hydrogens is 524 g/mol. The van der Waals surface area contributed by atoms with Crippen LogP contribution in [0.4, 0.5) is 11.8 Å². The Balaban J connectivity index is 1.47. The van der Waals surface area contributed by atoms with E-state index in [1.807, 2.05) is 12.1 Å². The first kappa shape index (κ1) is 31.4. The number of Topliss-reactive ketones (excluding diaryl/α,β-unsaturated/α-hetero) is 1. The third-order valence-electron chi connectivity index (χ3n) is 8.68. The molecule has 8 nitrogen and oxygen atoms in total. The molecule has 0 amide bonds. The SMILES string of the molecule is CCCN(CCC(CC)C(=O)C1CCC1c1cc(CC)nc(CC)c1CC)c1ncccc1OCc1ccnc(N)n1. The molecule has 3 aromatic rings. The zero-order valence-electron chi connectivity index (χ0n) is 26.1. The predicted octanol–water partition coefficient (Wildman–Crippen LogP) is 6.51. The molecule has 1 saturated carbocycles. The maximum absolute atomic E-state index is 14.0. The Kier molecular flexibility index (Phi) is 11.3. The number of nitrogen functional groups attached to an aromatic ring is 1. The second kappa shape index (κ2) is 15.1. The van der Waals surface area contributed by atoms with Crippen LogP contribution >= 0.6 is 0 Å². The van der Waals surface area contributed by atoms with Gasteiger partial charge in [0.15, 0.2) is 11.6 Å². The molecule has 8 heteroatoms. The van der Waals surface area contributed by atoms with Crippen molar-refractivity contribution in [3.8, 4) is 5.75 Å². The van der Waals surface area contributed by atoms with E-state index < -0.39 is 0 Å². The summed E-state index contributed by atoms with van der Waals surface area (Å²) < 4.78 is 6.15. The molecule has 0 spiro atoms. The summed E-state index contributed by atoms with van der Waals surface area (Å²) >= 11 is 0. The Bertz CT molecular complexity index is 1330. The highest BCUT2D eigenvalue weighted by molar-refractivity contribution is 5.85. The van der Waals surface area contributed by atoms with Gasteiger partial charge in [0.05, 0.1) is 5.69 Å². The van der Waals surface area contributed by atoms with Crippen molar-refractivity contribution < 1.29 is 9.53 Å². The zero-order valence-corrected chi connectivity index (χ0v) is 26.1. The van der Waals surface area contributed by atoms with E-state index in [-0.39, 0.29) is 24.4 Å². The minimum absolute atomic E-state index is 0.0254. The first-order valence-electron chi connectivity index (χ1n) is 15.9. The Morgan fingerprint density at radius 3 is 2.48 bits per heavy atom. The number of nitrogens with two attached hydrogens (primary N) is 1. The van der Waals surface area contributed by atoms with Gasteiger partial charge in [0.25, 0.3) is 0 Å². The highest BCUT2D eigenvalue weighted by atomic mass is 16.5. The van der Waals surface area contributed by atoms with Gasteiger partial charge in [-0.2, -0.15) is 0 Å². The van der Waals surface area contributed by atoms with Gasteiger partial charge in [0.1, 0.15) is 12.4 Å². The van der Waals surface area contributed by atoms with E-state index in [0.29, 0.717) is 23.1 Å². The fourth-order valence-electron chi connectivity index (χ4n) is 6.26. The summed E-state index contributed by atoms with van der Waals surface area (Å²) in [6.45, 7) is 12.7. The van der Waals surface area contributed by atoms with Gasteiger partial charge >= 0.3 is 0 Å². The summed E-state index contributed by atoms with van der Waals surface area (Å²) in [5.41, 5.74) is 11.6. The maximum atomic E-state index is 14.0. The number of aryl methyl sites for hydroxylation is 2. The first-order chi connectivity index (χ1) is 20.4. The first-order valence-corrected chi connectivity index (χ1v) is 15.9. The van der Waals surface area contributed by atoms with Gasteiger partial charge in [-0.3, -0.25) is 9.78 Å². The summed E-state index contributed by atoms with van der Waals surface area (Å²) in [4.78, 5) is 34.1. The van der Waals surface area contributed by atoms with Crippen LogP contribution in [0.2, 0.25) is 0 Å². The molecule has 4 rings (SSSR count). The summed E-state index contributed by atoms with van der Waals surface area (Å²) in [6, 6.07) is 7.91. The molecule has 42 heavy (non-hydrogen) atoms. The Labute approximate surface area is 251 Å². The maximum Gasteiger partial charge on any atom is 0.220 e. The van der Waals surface area contributed by atoms with Gasteiger partial charge < -0.3 is 15.4 Å². The summed E-state index contributed by atoms with van der Waals surface area (Å²) in [7, 11) is 0. The lowest BCUT2D eigenvalue weighted by Gasteiger charge is -2.39. The van der Waals surface area contributed by atoms with Crippen molar-refractivity contribution in [1.29, 1.82) is 0 Å². The van der Waals surface area contributed by atoms with Crippen LogP contribution in [-0.2, 0) is 30.7 Å². The molecule has 2 N–H and O–H groups in total. The Morgan fingerprint density at radius 1 is 1.00 bits per heavy atom. The third kappa shape index (κ3) is 7.26. The highest BCUT2D eigenvalue weighted by Crippen LogP contribution is 2.46. The fourth-order valence-corrected chi connectivity index (χ4v) is 6.26. The van der Waals surface area contributed by atoms with Crippen molar-refractivity contribution in [2.45, 2.75) is 98.5 Å².